The molecular weight excluding hydrogens is 254 g/mol. The van der Waals surface area contributed by atoms with Gasteiger partial charge in [-0.2, -0.15) is 5.10 Å². The number of anilines is 1. The summed E-state index contributed by atoms with van der Waals surface area (Å²) in [4.78, 5) is 16.0. The van der Waals surface area contributed by atoms with E-state index in [4.69, 9.17) is 0 Å². The monoisotopic (exact) mass is 275 g/mol. The van der Waals surface area contributed by atoms with Gasteiger partial charge in [-0.1, -0.05) is 26.2 Å². The standard InChI is InChI=1S/C14H21N5O/c1-9-5-3-4-6-11(9)8-15-12-7-13-17-18-14(20)19(13)10(2)16-12/h7,9,11,15H,3-6,8H2,1-2H3,(H,18,20). The van der Waals surface area contributed by atoms with Gasteiger partial charge in [0.1, 0.15) is 11.6 Å². The van der Waals surface area contributed by atoms with Crippen molar-refractivity contribution in [1.29, 1.82) is 0 Å². The Morgan fingerprint density at radius 1 is 1.45 bits per heavy atom. The molecule has 2 aromatic rings. The summed E-state index contributed by atoms with van der Waals surface area (Å²) in [7, 11) is 0. The minimum atomic E-state index is -0.238. The van der Waals surface area contributed by atoms with Gasteiger partial charge >= 0.3 is 5.69 Å². The molecule has 0 aliphatic heterocycles. The van der Waals surface area contributed by atoms with Gasteiger partial charge in [-0.3, -0.25) is 0 Å². The molecule has 0 amide bonds. The minimum absolute atomic E-state index is 0.238. The van der Waals surface area contributed by atoms with E-state index in [0.717, 1.165) is 18.3 Å². The van der Waals surface area contributed by atoms with Crippen molar-refractivity contribution in [3.8, 4) is 0 Å². The lowest BCUT2D eigenvalue weighted by atomic mass is 9.80. The normalized spacial score (nSPS) is 23.1. The van der Waals surface area contributed by atoms with Gasteiger partial charge in [-0.05, 0) is 25.2 Å². The van der Waals surface area contributed by atoms with Crippen LogP contribution in [-0.4, -0.2) is 26.1 Å². The molecule has 3 rings (SSSR count). The van der Waals surface area contributed by atoms with Gasteiger partial charge in [0, 0.05) is 12.6 Å². The molecule has 2 heterocycles. The molecule has 1 fully saturated rings. The van der Waals surface area contributed by atoms with E-state index >= 15 is 0 Å². The van der Waals surface area contributed by atoms with E-state index < -0.39 is 0 Å². The minimum Gasteiger partial charge on any atom is -0.370 e. The fourth-order valence-corrected chi connectivity index (χ4v) is 3.12. The maximum Gasteiger partial charge on any atom is 0.349 e. The van der Waals surface area contributed by atoms with Crippen molar-refractivity contribution < 1.29 is 0 Å². The molecule has 6 nitrogen and oxygen atoms in total. The molecule has 0 spiro atoms. The molecule has 2 aromatic heterocycles. The van der Waals surface area contributed by atoms with Gasteiger partial charge in [-0.25, -0.2) is 19.3 Å². The van der Waals surface area contributed by atoms with Crippen LogP contribution in [0.15, 0.2) is 10.9 Å². The summed E-state index contributed by atoms with van der Waals surface area (Å²) in [5.41, 5.74) is 0.374. The molecule has 1 saturated carbocycles. The first-order valence-electron chi connectivity index (χ1n) is 7.34. The summed E-state index contributed by atoms with van der Waals surface area (Å²) in [6.07, 6.45) is 5.30. The lowest BCUT2D eigenvalue weighted by Gasteiger charge is -2.28. The topological polar surface area (TPSA) is 75.1 Å². The van der Waals surface area contributed by atoms with Crippen LogP contribution >= 0.6 is 0 Å². The smallest absolute Gasteiger partial charge is 0.349 e. The Bertz CT molecular complexity index is 659. The molecule has 2 N–H and O–H groups in total. The van der Waals surface area contributed by atoms with E-state index in [9.17, 15) is 4.79 Å². The first-order valence-corrected chi connectivity index (χ1v) is 7.34. The van der Waals surface area contributed by atoms with Crippen molar-refractivity contribution in [2.24, 2.45) is 11.8 Å². The number of aromatic nitrogens is 4. The number of fused-ring (bicyclic) bond motifs is 1. The van der Waals surface area contributed by atoms with Crippen LogP contribution in [0.2, 0.25) is 0 Å². The summed E-state index contributed by atoms with van der Waals surface area (Å²) in [5, 5.41) is 9.85. The second-order valence-electron chi connectivity index (χ2n) is 5.81. The molecule has 1 aliphatic rings. The highest BCUT2D eigenvalue weighted by molar-refractivity contribution is 5.49. The van der Waals surface area contributed by atoms with E-state index in [1.54, 1.807) is 0 Å². The summed E-state index contributed by atoms with van der Waals surface area (Å²) in [5.74, 6) is 2.93. The van der Waals surface area contributed by atoms with Crippen molar-refractivity contribution >= 4 is 11.5 Å². The van der Waals surface area contributed by atoms with Crippen molar-refractivity contribution in [1.82, 2.24) is 19.6 Å². The van der Waals surface area contributed by atoms with Crippen LogP contribution in [0.25, 0.3) is 5.65 Å². The molecule has 108 valence electrons. The van der Waals surface area contributed by atoms with E-state index in [0.29, 0.717) is 17.4 Å². The molecule has 20 heavy (non-hydrogen) atoms. The first-order chi connectivity index (χ1) is 9.65. The average Bonchev–Trinajstić information content (AvgIpc) is 2.80. The van der Waals surface area contributed by atoms with Gasteiger partial charge in [0.05, 0.1) is 0 Å². The highest BCUT2D eigenvalue weighted by atomic mass is 16.1. The van der Waals surface area contributed by atoms with Crippen LogP contribution in [0.4, 0.5) is 5.82 Å². The third kappa shape index (κ3) is 2.42. The second kappa shape index (κ2) is 5.26. The van der Waals surface area contributed by atoms with Crippen LogP contribution in [0.3, 0.4) is 0 Å². The van der Waals surface area contributed by atoms with Gasteiger partial charge in [0.15, 0.2) is 5.65 Å². The average molecular weight is 275 g/mol. The van der Waals surface area contributed by atoms with Crippen LogP contribution in [0.5, 0.6) is 0 Å². The number of hydrogen-bond acceptors (Lipinski definition) is 4. The SMILES string of the molecule is Cc1nc(NCC2CCCCC2C)cc2n[nH]c(=O)n12. The molecule has 2 unspecified atom stereocenters. The molecule has 2 atom stereocenters. The van der Waals surface area contributed by atoms with Gasteiger partial charge in [0.2, 0.25) is 0 Å². The summed E-state index contributed by atoms with van der Waals surface area (Å²) in [6.45, 7) is 5.09. The van der Waals surface area contributed by atoms with Crippen molar-refractivity contribution in [2.45, 2.75) is 39.5 Å². The highest BCUT2D eigenvalue weighted by Crippen LogP contribution is 2.29. The van der Waals surface area contributed by atoms with Gasteiger partial charge in [0.25, 0.3) is 0 Å². The highest BCUT2D eigenvalue weighted by Gasteiger charge is 2.21. The summed E-state index contributed by atoms with van der Waals surface area (Å²) < 4.78 is 1.48. The van der Waals surface area contributed by atoms with Crippen molar-refractivity contribution in [3.05, 3.63) is 22.4 Å². The fourth-order valence-electron chi connectivity index (χ4n) is 3.12. The van der Waals surface area contributed by atoms with Gasteiger partial charge in [-0.15, -0.1) is 0 Å². The maximum atomic E-state index is 11.5. The maximum absolute atomic E-state index is 11.5. The van der Waals surface area contributed by atoms with Crippen LogP contribution in [-0.2, 0) is 0 Å². The lowest BCUT2D eigenvalue weighted by molar-refractivity contribution is 0.268. The largest absolute Gasteiger partial charge is 0.370 e. The Labute approximate surface area is 117 Å². The number of rotatable bonds is 3. The van der Waals surface area contributed by atoms with Gasteiger partial charge < -0.3 is 5.32 Å². The fraction of sp³-hybridized carbons (Fsp3) is 0.643. The summed E-state index contributed by atoms with van der Waals surface area (Å²) in [6, 6.07) is 1.82. The third-order valence-corrected chi connectivity index (χ3v) is 4.40. The third-order valence-electron chi connectivity index (χ3n) is 4.40. The van der Waals surface area contributed by atoms with Crippen molar-refractivity contribution in [2.75, 3.05) is 11.9 Å². The Morgan fingerprint density at radius 2 is 2.25 bits per heavy atom. The Balaban J connectivity index is 1.76. The molecule has 0 bridgehead atoms. The number of nitrogens with zero attached hydrogens (tertiary/aromatic N) is 3. The predicted octanol–water partition coefficient (Wildman–Crippen LogP) is 1.96. The lowest BCUT2D eigenvalue weighted by Crippen LogP contribution is -2.25. The number of nitrogens with one attached hydrogen (secondary N) is 2. The first kappa shape index (κ1) is 13.1. The molecule has 0 aromatic carbocycles. The number of H-pyrrole nitrogens is 1. The van der Waals surface area contributed by atoms with Crippen LogP contribution in [0.1, 0.15) is 38.4 Å². The zero-order valence-corrected chi connectivity index (χ0v) is 12.0. The van der Waals surface area contributed by atoms with E-state index in [-0.39, 0.29) is 5.69 Å². The molecular formula is C14H21N5O. The van der Waals surface area contributed by atoms with Crippen LogP contribution in [0, 0.1) is 18.8 Å². The summed E-state index contributed by atoms with van der Waals surface area (Å²) >= 11 is 0. The number of aromatic amines is 1. The van der Waals surface area contributed by atoms with Crippen LogP contribution < -0.4 is 11.0 Å². The molecule has 1 aliphatic carbocycles. The Morgan fingerprint density at radius 3 is 3.05 bits per heavy atom. The van der Waals surface area contributed by atoms with E-state index in [2.05, 4.69) is 27.4 Å². The zero-order valence-electron chi connectivity index (χ0n) is 12.0. The van der Waals surface area contributed by atoms with E-state index in [1.807, 2.05) is 13.0 Å². The zero-order chi connectivity index (χ0) is 14.1. The quantitative estimate of drug-likeness (QED) is 0.898. The van der Waals surface area contributed by atoms with E-state index in [1.165, 1.54) is 30.1 Å². The second-order valence-corrected chi connectivity index (χ2v) is 5.81. The molecule has 0 saturated heterocycles. The molecule has 0 radical (unpaired) electrons. The number of hydrogen-bond donors (Lipinski definition) is 2. The number of aryl methyl sites for hydroxylation is 1. The van der Waals surface area contributed by atoms with Crippen molar-refractivity contribution in [3.63, 3.8) is 0 Å². The predicted molar refractivity (Wildman–Crippen MR) is 78.0 cm³/mol. The Hall–Kier alpha value is -1.85. The Kier molecular flexibility index (Phi) is 3.46. The molecule has 6 heteroatoms.